The average molecular weight is 497 g/mol. The van der Waals surface area contributed by atoms with E-state index in [0.717, 1.165) is 72.0 Å². The van der Waals surface area contributed by atoms with Crippen LogP contribution in [0.5, 0.6) is 0 Å². The van der Waals surface area contributed by atoms with Crippen LogP contribution >= 0.6 is 0 Å². The fourth-order valence-corrected chi connectivity index (χ4v) is 3.75. The standard InChI is InChI=1S/C11H15N3.C10H13N3O.C4H8O.CO2/c1-4-9-6-11-10(5-2)12-8(3)7-14(11)13-9;1-3-9-10-4-8(6-14)12-13(10)5-7(2)11-9;1-2-4-5-3-1;2-1-3/h6-7H,4-5H2,1-3H3;4-5,14H,3,6H2,1-2H3;1-4H2;. The maximum Gasteiger partial charge on any atom is 0.373 e. The third kappa shape index (κ3) is 8.05. The highest BCUT2D eigenvalue weighted by Gasteiger charge is 2.07. The van der Waals surface area contributed by atoms with Crippen molar-refractivity contribution in [1.29, 1.82) is 0 Å². The Bertz CT molecular complexity index is 1180. The first-order valence-electron chi connectivity index (χ1n) is 12.3. The Balaban J connectivity index is 0.000000196. The van der Waals surface area contributed by atoms with Gasteiger partial charge in [-0.05, 0) is 58.1 Å². The maximum absolute atomic E-state index is 8.98. The van der Waals surface area contributed by atoms with Gasteiger partial charge in [0.05, 0.1) is 64.2 Å². The second-order valence-electron chi connectivity index (χ2n) is 8.21. The van der Waals surface area contributed by atoms with E-state index in [1.165, 1.54) is 12.8 Å². The summed E-state index contributed by atoms with van der Waals surface area (Å²) < 4.78 is 8.67. The van der Waals surface area contributed by atoms with Crippen LogP contribution in [0.15, 0.2) is 24.5 Å². The van der Waals surface area contributed by atoms with Crippen LogP contribution < -0.4 is 0 Å². The van der Waals surface area contributed by atoms with E-state index < -0.39 is 0 Å². The predicted octanol–water partition coefficient (Wildman–Crippen LogP) is 3.47. The second-order valence-corrected chi connectivity index (χ2v) is 8.21. The molecule has 5 heterocycles. The van der Waals surface area contributed by atoms with Crippen molar-refractivity contribution < 1.29 is 19.4 Å². The molecule has 0 radical (unpaired) electrons. The molecule has 36 heavy (non-hydrogen) atoms. The molecule has 0 aliphatic carbocycles. The number of rotatable bonds is 4. The van der Waals surface area contributed by atoms with Crippen LogP contribution in [0, 0.1) is 13.8 Å². The molecule has 0 saturated carbocycles. The summed E-state index contributed by atoms with van der Waals surface area (Å²) in [5.74, 6) is 0. The van der Waals surface area contributed by atoms with Gasteiger partial charge in [-0.25, -0.2) is 9.03 Å². The first-order chi connectivity index (χ1) is 17.4. The fourth-order valence-electron chi connectivity index (χ4n) is 3.75. The number of aliphatic hydroxyl groups is 1. The van der Waals surface area contributed by atoms with Crippen LogP contribution in [0.4, 0.5) is 0 Å². The first-order valence-corrected chi connectivity index (χ1v) is 12.3. The first kappa shape index (κ1) is 28.8. The van der Waals surface area contributed by atoms with Gasteiger partial charge in [-0.15, -0.1) is 0 Å². The zero-order valence-electron chi connectivity index (χ0n) is 21.8. The summed E-state index contributed by atoms with van der Waals surface area (Å²) in [4.78, 5) is 25.2. The fraction of sp³-hybridized carbons (Fsp3) is 0.500. The van der Waals surface area contributed by atoms with Crippen molar-refractivity contribution in [3.05, 3.63) is 58.7 Å². The number of nitrogens with zero attached hydrogens (tertiary/aromatic N) is 6. The quantitative estimate of drug-likeness (QED) is 0.455. The maximum atomic E-state index is 8.98. The average Bonchev–Trinajstić information content (AvgIpc) is 3.65. The van der Waals surface area contributed by atoms with Crippen molar-refractivity contribution in [3.63, 3.8) is 0 Å². The third-order valence-electron chi connectivity index (χ3n) is 5.43. The number of fused-ring (bicyclic) bond motifs is 2. The molecule has 4 aromatic heterocycles. The molecule has 10 heteroatoms. The van der Waals surface area contributed by atoms with Crippen LogP contribution in [-0.4, -0.2) is 53.7 Å². The van der Waals surface area contributed by atoms with Crippen LogP contribution in [-0.2, 0) is 40.2 Å². The molecule has 10 nitrogen and oxygen atoms in total. The van der Waals surface area contributed by atoms with Gasteiger partial charge in [0, 0.05) is 13.2 Å². The molecule has 4 aromatic rings. The number of hydrogen-bond donors (Lipinski definition) is 1. The molecule has 0 bridgehead atoms. The molecule has 0 amide bonds. The molecular formula is C26H36N6O4. The Labute approximate surface area is 211 Å². The van der Waals surface area contributed by atoms with E-state index >= 15 is 0 Å². The van der Waals surface area contributed by atoms with E-state index in [2.05, 4.69) is 47.0 Å². The summed E-state index contributed by atoms with van der Waals surface area (Å²) in [6.45, 7) is 12.2. The number of aryl methyl sites for hydroxylation is 5. The summed E-state index contributed by atoms with van der Waals surface area (Å²) in [6, 6.07) is 4.01. The molecular weight excluding hydrogens is 460 g/mol. The third-order valence-corrected chi connectivity index (χ3v) is 5.43. The van der Waals surface area contributed by atoms with Crippen LogP contribution in [0.3, 0.4) is 0 Å². The lowest BCUT2D eigenvalue weighted by Crippen LogP contribution is -1.98. The number of hydrogen-bond acceptors (Lipinski definition) is 8. The highest BCUT2D eigenvalue weighted by atomic mass is 16.5. The summed E-state index contributed by atoms with van der Waals surface area (Å²) >= 11 is 0. The van der Waals surface area contributed by atoms with Crippen LogP contribution in [0.2, 0.25) is 0 Å². The highest BCUT2D eigenvalue weighted by molar-refractivity contribution is 5.53. The van der Waals surface area contributed by atoms with Gasteiger partial charge in [0.15, 0.2) is 0 Å². The summed E-state index contributed by atoms with van der Waals surface area (Å²) in [5.41, 5.74) is 8.09. The highest BCUT2D eigenvalue weighted by Crippen LogP contribution is 2.13. The smallest absolute Gasteiger partial charge is 0.373 e. The van der Waals surface area contributed by atoms with Crippen molar-refractivity contribution in [2.75, 3.05) is 13.2 Å². The minimum absolute atomic E-state index is 0.0239. The largest absolute Gasteiger partial charge is 0.390 e. The van der Waals surface area contributed by atoms with Crippen molar-refractivity contribution in [2.45, 2.75) is 73.3 Å². The van der Waals surface area contributed by atoms with E-state index in [1.54, 1.807) is 4.52 Å². The van der Waals surface area contributed by atoms with Gasteiger partial charge in [-0.2, -0.15) is 19.8 Å². The molecule has 194 valence electrons. The number of aromatic nitrogens is 6. The zero-order chi connectivity index (χ0) is 26.5. The van der Waals surface area contributed by atoms with Gasteiger partial charge in [-0.3, -0.25) is 9.97 Å². The topological polar surface area (TPSA) is 124 Å². The van der Waals surface area contributed by atoms with Crippen LogP contribution in [0.1, 0.15) is 67.8 Å². The van der Waals surface area contributed by atoms with Crippen molar-refractivity contribution in [2.24, 2.45) is 0 Å². The minimum atomic E-state index is -0.0239. The van der Waals surface area contributed by atoms with Gasteiger partial charge in [0.2, 0.25) is 0 Å². The van der Waals surface area contributed by atoms with E-state index in [4.69, 9.17) is 19.4 Å². The van der Waals surface area contributed by atoms with E-state index in [1.807, 2.05) is 36.8 Å². The number of carbonyl (C=O) groups excluding carboxylic acids is 2. The van der Waals surface area contributed by atoms with Gasteiger partial charge in [-0.1, -0.05) is 20.8 Å². The van der Waals surface area contributed by atoms with Crippen LogP contribution in [0.25, 0.3) is 11.0 Å². The molecule has 0 unspecified atom stereocenters. The van der Waals surface area contributed by atoms with Crippen molar-refractivity contribution >= 4 is 17.2 Å². The number of aliphatic hydroxyl groups excluding tert-OH is 1. The molecule has 1 aliphatic rings. The van der Waals surface area contributed by atoms with E-state index in [9.17, 15) is 0 Å². The minimum Gasteiger partial charge on any atom is -0.390 e. The van der Waals surface area contributed by atoms with Gasteiger partial charge < -0.3 is 9.84 Å². The lowest BCUT2D eigenvalue weighted by molar-refractivity contribution is -0.191. The number of ether oxygens (including phenoxy) is 1. The summed E-state index contributed by atoms with van der Waals surface area (Å²) in [7, 11) is 0. The monoisotopic (exact) mass is 496 g/mol. The summed E-state index contributed by atoms with van der Waals surface area (Å²) in [5, 5.41) is 17.7. The normalized spacial score (nSPS) is 12.2. The molecule has 1 saturated heterocycles. The molecule has 1 aliphatic heterocycles. The van der Waals surface area contributed by atoms with Crippen molar-refractivity contribution in [3.8, 4) is 0 Å². The Morgan fingerprint density at radius 2 is 1.28 bits per heavy atom. The predicted molar refractivity (Wildman–Crippen MR) is 135 cm³/mol. The molecule has 0 aromatic carbocycles. The van der Waals surface area contributed by atoms with Gasteiger partial charge in [0.25, 0.3) is 0 Å². The van der Waals surface area contributed by atoms with E-state index in [0.29, 0.717) is 5.69 Å². The van der Waals surface area contributed by atoms with Gasteiger partial charge in [0.1, 0.15) is 0 Å². The van der Waals surface area contributed by atoms with Gasteiger partial charge >= 0.3 is 6.15 Å². The Kier molecular flexibility index (Phi) is 11.9. The SMILES string of the molecule is C1CCOC1.CCc1cc2c(CC)nc(C)cn2n1.CCc1nc(C)cn2nc(CO)cc12.O=C=O. The molecule has 5 rings (SSSR count). The Morgan fingerprint density at radius 1 is 0.833 bits per heavy atom. The Hall–Kier alpha value is -3.46. The molecule has 1 fully saturated rings. The molecule has 0 atom stereocenters. The zero-order valence-corrected chi connectivity index (χ0v) is 21.8. The molecule has 0 spiro atoms. The molecule has 1 N–H and O–H groups in total. The van der Waals surface area contributed by atoms with E-state index in [-0.39, 0.29) is 12.8 Å². The summed E-state index contributed by atoms with van der Waals surface area (Å²) in [6.07, 6.45) is 9.47. The Morgan fingerprint density at radius 3 is 1.64 bits per heavy atom. The van der Waals surface area contributed by atoms with Crippen molar-refractivity contribution in [1.82, 2.24) is 29.2 Å². The lowest BCUT2D eigenvalue weighted by atomic mass is 10.2. The second kappa shape index (κ2) is 14.8. The lowest BCUT2D eigenvalue weighted by Gasteiger charge is -2.01.